The lowest BCUT2D eigenvalue weighted by Gasteiger charge is -2.10. The number of rotatable bonds is 6. The lowest BCUT2D eigenvalue weighted by molar-refractivity contribution is -0.384. The first-order chi connectivity index (χ1) is 9.40. The molecule has 7 heteroatoms. The maximum atomic E-state index is 11.6. The molecule has 1 atom stereocenters. The standard InChI is InChI=1S/C13H18N4O3/c1-10(7-13(18)15-14-9-16(2)3)11-5-4-6-12(8-11)17(19)20/h4-6,8-10H,7H2,1-3H3,(H,15,18)/t10-/m1/s1. The highest BCUT2D eigenvalue weighted by molar-refractivity contribution is 5.77. The Morgan fingerprint density at radius 2 is 2.25 bits per heavy atom. The lowest BCUT2D eigenvalue weighted by Crippen LogP contribution is -2.21. The average molecular weight is 278 g/mol. The van der Waals surface area contributed by atoms with Gasteiger partial charge in [0.1, 0.15) is 6.34 Å². The number of hydrazone groups is 1. The van der Waals surface area contributed by atoms with Crippen molar-refractivity contribution in [1.29, 1.82) is 0 Å². The number of hydrogen-bond donors (Lipinski definition) is 1. The molecule has 1 N–H and O–H groups in total. The van der Waals surface area contributed by atoms with Gasteiger partial charge in [0.2, 0.25) is 5.91 Å². The zero-order chi connectivity index (χ0) is 15.1. The molecule has 0 unspecified atom stereocenters. The van der Waals surface area contributed by atoms with Crippen molar-refractivity contribution in [2.24, 2.45) is 5.10 Å². The highest BCUT2D eigenvalue weighted by atomic mass is 16.6. The van der Waals surface area contributed by atoms with E-state index in [1.54, 1.807) is 31.1 Å². The third-order valence-electron chi connectivity index (χ3n) is 2.62. The lowest BCUT2D eigenvalue weighted by atomic mass is 9.97. The first-order valence-corrected chi connectivity index (χ1v) is 6.13. The molecule has 0 aliphatic carbocycles. The second-order valence-electron chi connectivity index (χ2n) is 4.70. The minimum atomic E-state index is -0.447. The molecule has 0 aromatic heterocycles. The van der Waals surface area contributed by atoms with Crippen molar-refractivity contribution in [2.45, 2.75) is 19.3 Å². The number of non-ortho nitro benzene ring substituents is 1. The summed E-state index contributed by atoms with van der Waals surface area (Å²) in [5.41, 5.74) is 3.19. The van der Waals surface area contributed by atoms with E-state index in [0.29, 0.717) is 0 Å². The maximum absolute atomic E-state index is 11.6. The molecule has 0 spiro atoms. The fourth-order valence-corrected chi connectivity index (χ4v) is 1.60. The van der Waals surface area contributed by atoms with E-state index in [1.807, 2.05) is 6.92 Å². The van der Waals surface area contributed by atoms with Gasteiger partial charge in [-0.15, -0.1) is 0 Å². The molecular formula is C13H18N4O3. The normalized spacial score (nSPS) is 12.2. The zero-order valence-corrected chi connectivity index (χ0v) is 11.7. The van der Waals surface area contributed by atoms with E-state index >= 15 is 0 Å². The van der Waals surface area contributed by atoms with Crippen molar-refractivity contribution in [1.82, 2.24) is 10.3 Å². The van der Waals surface area contributed by atoms with Gasteiger partial charge in [-0.1, -0.05) is 19.1 Å². The molecule has 7 nitrogen and oxygen atoms in total. The van der Waals surface area contributed by atoms with Gasteiger partial charge in [-0.2, -0.15) is 5.10 Å². The van der Waals surface area contributed by atoms with Crippen molar-refractivity contribution in [2.75, 3.05) is 14.1 Å². The number of amides is 1. The number of hydrogen-bond acceptors (Lipinski definition) is 4. The van der Waals surface area contributed by atoms with Crippen LogP contribution in [0, 0.1) is 10.1 Å². The molecule has 1 rings (SSSR count). The second-order valence-corrected chi connectivity index (χ2v) is 4.70. The van der Waals surface area contributed by atoms with Gasteiger partial charge in [0.15, 0.2) is 0 Å². The molecule has 1 aromatic carbocycles. The summed E-state index contributed by atoms with van der Waals surface area (Å²) in [6, 6.07) is 6.30. The van der Waals surface area contributed by atoms with Crippen LogP contribution in [0.25, 0.3) is 0 Å². The number of nitrogens with zero attached hydrogens (tertiary/aromatic N) is 3. The van der Waals surface area contributed by atoms with Crippen LogP contribution in [0.2, 0.25) is 0 Å². The first kappa shape index (κ1) is 15.6. The van der Waals surface area contributed by atoms with Crippen LogP contribution < -0.4 is 5.43 Å². The van der Waals surface area contributed by atoms with E-state index in [1.165, 1.54) is 18.5 Å². The quantitative estimate of drug-likeness (QED) is 0.371. The maximum Gasteiger partial charge on any atom is 0.269 e. The Balaban J connectivity index is 2.62. The Kier molecular flexibility index (Phi) is 5.64. The number of nitro groups is 1. The van der Waals surface area contributed by atoms with Crippen LogP contribution in [0.1, 0.15) is 24.8 Å². The number of benzene rings is 1. The molecule has 0 aliphatic heterocycles. The van der Waals surface area contributed by atoms with Crippen LogP contribution in [0.3, 0.4) is 0 Å². The third kappa shape index (κ3) is 5.05. The molecule has 0 fully saturated rings. The fourth-order valence-electron chi connectivity index (χ4n) is 1.60. The molecule has 20 heavy (non-hydrogen) atoms. The Morgan fingerprint density at radius 1 is 1.55 bits per heavy atom. The number of nitrogens with one attached hydrogen (secondary N) is 1. The predicted molar refractivity (Wildman–Crippen MR) is 76.5 cm³/mol. The Bertz CT molecular complexity index is 514. The molecule has 1 amide bonds. The van der Waals surface area contributed by atoms with Gasteiger partial charge in [-0.25, -0.2) is 5.43 Å². The van der Waals surface area contributed by atoms with E-state index in [4.69, 9.17) is 0 Å². The minimum absolute atomic E-state index is 0.0281. The summed E-state index contributed by atoms with van der Waals surface area (Å²) in [5.74, 6) is -0.355. The number of carbonyl (C=O) groups excluding carboxylic acids is 1. The monoisotopic (exact) mass is 278 g/mol. The summed E-state index contributed by atoms with van der Waals surface area (Å²) in [7, 11) is 3.59. The highest BCUT2D eigenvalue weighted by Crippen LogP contribution is 2.22. The Hall–Kier alpha value is -2.44. The minimum Gasteiger partial charge on any atom is -0.367 e. The fraction of sp³-hybridized carbons (Fsp3) is 0.385. The van der Waals surface area contributed by atoms with Crippen LogP contribution in [-0.2, 0) is 4.79 Å². The van der Waals surface area contributed by atoms with Gasteiger partial charge in [0.05, 0.1) is 4.92 Å². The van der Waals surface area contributed by atoms with Crippen LogP contribution in [-0.4, -0.2) is 36.2 Å². The van der Waals surface area contributed by atoms with Crippen LogP contribution >= 0.6 is 0 Å². The molecule has 0 heterocycles. The van der Waals surface area contributed by atoms with E-state index in [-0.39, 0.29) is 23.9 Å². The molecule has 0 saturated heterocycles. The predicted octanol–water partition coefficient (Wildman–Crippen LogP) is 1.71. The summed E-state index contributed by atoms with van der Waals surface area (Å²) < 4.78 is 0. The summed E-state index contributed by atoms with van der Waals surface area (Å²) >= 11 is 0. The zero-order valence-electron chi connectivity index (χ0n) is 11.7. The van der Waals surface area contributed by atoms with Gasteiger partial charge < -0.3 is 4.90 Å². The van der Waals surface area contributed by atoms with Gasteiger partial charge in [0.25, 0.3) is 5.69 Å². The van der Waals surface area contributed by atoms with Crippen molar-refractivity contribution in [3.63, 3.8) is 0 Å². The Labute approximate surface area is 117 Å². The second kappa shape index (κ2) is 7.22. The van der Waals surface area contributed by atoms with Crippen molar-refractivity contribution >= 4 is 17.9 Å². The van der Waals surface area contributed by atoms with Crippen molar-refractivity contribution in [3.05, 3.63) is 39.9 Å². The molecule has 1 aromatic rings. The first-order valence-electron chi connectivity index (χ1n) is 6.13. The van der Waals surface area contributed by atoms with Gasteiger partial charge in [-0.3, -0.25) is 14.9 Å². The van der Waals surface area contributed by atoms with Gasteiger partial charge in [-0.05, 0) is 11.5 Å². The number of carbonyl (C=O) groups is 1. The summed E-state index contributed by atoms with van der Waals surface area (Å²) in [6.07, 6.45) is 1.70. The van der Waals surface area contributed by atoms with Gasteiger partial charge >= 0.3 is 0 Å². The SMILES string of the molecule is C[C@H](CC(=O)NN=CN(C)C)c1cccc([N+](=O)[O-])c1. The summed E-state index contributed by atoms with van der Waals surface area (Å²) in [6.45, 7) is 1.84. The topological polar surface area (TPSA) is 87.8 Å². The number of nitro benzene ring substituents is 1. The van der Waals surface area contributed by atoms with E-state index in [9.17, 15) is 14.9 Å². The average Bonchev–Trinajstić information content (AvgIpc) is 2.38. The Morgan fingerprint density at radius 3 is 2.85 bits per heavy atom. The van der Waals surface area contributed by atoms with Crippen molar-refractivity contribution in [3.8, 4) is 0 Å². The van der Waals surface area contributed by atoms with E-state index < -0.39 is 4.92 Å². The van der Waals surface area contributed by atoms with Crippen LogP contribution in [0.15, 0.2) is 29.4 Å². The summed E-state index contributed by atoms with van der Waals surface area (Å²) in [4.78, 5) is 23.6. The van der Waals surface area contributed by atoms with E-state index in [2.05, 4.69) is 10.5 Å². The molecule has 0 radical (unpaired) electrons. The molecule has 108 valence electrons. The molecule has 0 bridgehead atoms. The highest BCUT2D eigenvalue weighted by Gasteiger charge is 2.14. The molecule has 0 aliphatic rings. The molecule has 0 saturated carbocycles. The van der Waals surface area contributed by atoms with Crippen LogP contribution in [0.5, 0.6) is 0 Å². The van der Waals surface area contributed by atoms with Crippen LogP contribution in [0.4, 0.5) is 5.69 Å². The smallest absolute Gasteiger partial charge is 0.269 e. The molecular weight excluding hydrogens is 260 g/mol. The third-order valence-corrected chi connectivity index (χ3v) is 2.62. The van der Waals surface area contributed by atoms with Gasteiger partial charge in [0, 0.05) is 32.6 Å². The van der Waals surface area contributed by atoms with E-state index in [0.717, 1.165) is 5.56 Å². The summed E-state index contributed by atoms with van der Waals surface area (Å²) in [5, 5.41) is 14.5. The van der Waals surface area contributed by atoms with Crippen molar-refractivity contribution < 1.29 is 9.72 Å². The largest absolute Gasteiger partial charge is 0.367 e.